The summed E-state index contributed by atoms with van der Waals surface area (Å²) in [5, 5.41) is -0.632. The number of rotatable bonds is 3. The summed E-state index contributed by atoms with van der Waals surface area (Å²) >= 11 is 0. The van der Waals surface area contributed by atoms with Crippen LogP contribution in [0, 0.1) is 5.92 Å². The summed E-state index contributed by atoms with van der Waals surface area (Å²) in [5.41, 5.74) is 0. The second-order valence-electron chi connectivity index (χ2n) is 2.96. The fraction of sp³-hybridized carbons (Fsp3) is 1.00. The van der Waals surface area contributed by atoms with Gasteiger partial charge in [0.05, 0.1) is 5.25 Å². The van der Waals surface area contributed by atoms with E-state index >= 15 is 0 Å². The summed E-state index contributed by atoms with van der Waals surface area (Å²) in [7, 11) is -3.80. The van der Waals surface area contributed by atoms with Crippen molar-refractivity contribution in [1.29, 1.82) is 0 Å². The van der Waals surface area contributed by atoms with Gasteiger partial charge < -0.3 is 0 Å². The molecule has 0 aromatic heterocycles. The lowest BCUT2D eigenvalue weighted by molar-refractivity contribution is 0.452. The second kappa shape index (κ2) is 3.34. The fourth-order valence-corrected chi connectivity index (χ4v) is 1.41. The molecule has 1 N–H and O–H groups in total. The molecule has 0 aromatic carbocycles. The molecular formula is C6H14O3S. The van der Waals surface area contributed by atoms with Gasteiger partial charge in [0.15, 0.2) is 0 Å². The van der Waals surface area contributed by atoms with Crippen molar-refractivity contribution in [2.75, 3.05) is 0 Å². The average Bonchev–Trinajstić information content (AvgIpc) is 1.60. The lowest BCUT2D eigenvalue weighted by atomic mass is 10.1. The molecule has 10 heavy (non-hydrogen) atoms. The van der Waals surface area contributed by atoms with Crippen molar-refractivity contribution in [3.05, 3.63) is 0 Å². The van der Waals surface area contributed by atoms with E-state index in [0.29, 0.717) is 12.3 Å². The smallest absolute Gasteiger partial charge is 0.267 e. The molecule has 0 fully saturated rings. The maximum atomic E-state index is 10.4. The lowest BCUT2D eigenvalue weighted by Crippen LogP contribution is -2.18. The molecule has 0 aliphatic rings. The predicted octanol–water partition coefficient (Wildman–Crippen LogP) is 1.31. The molecule has 0 spiro atoms. The summed E-state index contributed by atoms with van der Waals surface area (Å²) in [6, 6.07) is 0. The van der Waals surface area contributed by atoms with Gasteiger partial charge in [-0.3, -0.25) is 4.55 Å². The van der Waals surface area contributed by atoms with Crippen molar-refractivity contribution in [1.82, 2.24) is 0 Å². The molecule has 62 valence electrons. The van der Waals surface area contributed by atoms with Crippen molar-refractivity contribution in [3.63, 3.8) is 0 Å². The molecule has 0 aliphatic carbocycles. The molecule has 0 aromatic rings. The third-order valence-corrected chi connectivity index (χ3v) is 2.52. The Bertz CT molecular complexity index is 181. The normalized spacial score (nSPS) is 15.7. The van der Waals surface area contributed by atoms with Gasteiger partial charge in [-0.2, -0.15) is 8.42 Å². The van der Waals surface area contributed by atoms with Crippen LogP contribution in [0.1, 0.15) is 27.2 Å². The Morgan fingerprint density at radius 2 is 1.70 bits per heavy atom. The minimum Gasteiger partial charge on any atom is -0.285 e. The molecule has 0 bridgehead atoms. The van der Waals surface area contributed by atoms with Gasteiger partial charge in [0.2, 0.25) is 0 Å². The molecule has 0 saturated heterocycles. The van der Waals surface area contributed by atoms with Crippen LogP contribution in [0.2, 0.25) is 0 Å². The first-order valence-electron chi connectivity index (χ1n) is 3.30. The van der Waals surface area contributed by atoms with Crippen LogP contribution in [0.4, 0.5) is 0 Å². The van der Waals surface area contributed by atoms with E-state index in [1.165, 1.54) is 6.92 Å². The van der Waals surface area contributed by atoms with E-state index in [1.807, 2.05) is 13.8 Å². The monoisotopic (exact) mass is 166 g/mol. The molecular weight excluding hydrogens is 152 g/mol. The fourth-order valence-electron chi connectivity index (χ4n) is 0.785. The Balaban J connectivity index is 3.99. The summed E-state index contributed by atoms with van der Waals surface area (Å²) in [6.45, 7) is 5.35. The van der Waals surface area contributed by atoms with Crippen LogP contribution < -0.4 is 0 Å². The molecule has 0 heterocycles. The average molecular weight is 166 g/mol. The first-order chi connectivity index (χ1) is 4.34. The molecule has 0 saturated carbocycles. The minimum absolute atomic E-state index is 0.303. The van der Waals surface area contributed by atoms with E-state index in [-0.39, 0.29) is 0 Å². The molecule has 0 aliphatic heterocycles. The molecule has 3 nitrogen and oxygen atoms in total. The zero-order valence-corrected chi connectivity index (χ0v) is 7.35. The van der Waals surface area contributed by atoms with Gasteiger partial charge in [-0.1, -0.05) is 13.8 Å². The van der Waals surface area contributed by atoms with Gasteiger partial charge >= 0.3 is 0 Å². The van der Waals surface area contributed by atoms with Crippen LogP contribution in [0.5, 0.6) is 0 Å². The number of hydrogen-bond donors (Lipinski definition) is 1. The van der Waals surface area contributed by atoms with Crippen LogP contribution in [-0.4, -0.2) is 18.2 Å². The van der Waals surface area contributed by atoms with Gasteiger partial charge in [0.25, 0.3) is 10.1 Å². The highest BCUT2D eigenvalue weighted by molar-refractivity contribution is 7.86. The molecule has 1 atom stereocenters. The van der Waals surface area contributed by atoms with Crippen molar-refractivity contribution in [3.8, 4) is 0 Å². The molecule has 0 amide bonds. The van der Waals surface area contributed by atoms with Crippen LogP contribution in [0.3, 0.4) is 0 Å². The van der Waals surface area contributed by atoms with E-state index in [1.54, 1.807) is 0 Å². The first kappa shape index (κ1) is 9.91. The van der Waals surface area contributed by atoms with Crippen LogP contribution in [0.25, 0.3) is 0 Å². The van der Waals surface area contributed by atoms with Crippen LogP contribution in [0.15, 0.2) is 0 Å². The summed E-state index contributed by atoms with van der Waals surface area (Å²) in [5.74, 6) is 0.303. The zero-order valence-electron chi connectivity index (χ0n) is 6.53. The minimum atomic E-state index is -3.80. The Morgan fingerprint density at radius 1 is 1.30 bits per heavy atom. The van der Waals surface area contributed by atoms with Crippen molar-refractivity contribution < 1.29 is 13.0 Å². The second-order valence-corrected chi connectivity index (χ2v) is 4.79. The number of hydrogen-bond acceptors (Lipinski definition) is 2. The zero-order chi connectivity index (χ0) is 8.36. The van der Waals surface area contributed by atoms with E-state index in [2.05, 4.69) is 0 Å². The predicted molar refractivity (Wildman–Crippen MR) is 40.5 cm³/mol. The van der Waals surface area contributed by atoms with Gasteiger partial charge in [-0.25, -0.2) is 0 Å². The standard InChI is InChI=1S/C6H14O3S/c1-5(2)4-6(3)10(7,8)9/h5-6H,4H2,1-3H3,(H,7,8,9)/t6-/m1/s1. The molecule has 0 unspecified atom stereocenters. The summed E-state index contributed by atoms with van der Waals surface area (Å²) in [4.78, 5) is 0. The van der Waals surface area contributed by atoms with E-state index in [4.69, 9.17) is 4.55 Å². The first-order valence-corrected chi connectivity index (χ1v) is 4.80. The van der Waals surface area contributed by atoms with Gasteiger partial charge in [-0.15, -0.1) is 0 Å². The van der Waals surface area contributed by atoms with Crippen LogP contribution in [-0.2, 0) is 10.1 Å². The van der Waals surface area contributed by atoms with Gasteiger partial charge in [-0.05, 0) is 19.3 Å². The Morgan fingerprint density at radius 3 is 1.80 bits per heavy atom. The quantitative estimate of drug-likeness (QED) is 0.643. The van der Waals surface area contributed by atoms with Crippen molar-refractivity contribution >= 4 is 10.1 Å². The van der Waals surface area contributed by atoms with Crippen LogP contribution >= 0.6 is 0 Å². The topological polar surface area (TPSA) is 54.4 Å². The van der Waals surface area contributed by atoms with Gasteiger partial charge in [0.1, 0.15) is 0 Å². The Labute approximate surface area is 62.2 Å². The highest BCUT2D eigenvalue weighted by Gasteiger charge is 2.17. The highest BCUT2D eigenvalue weighted by Crippen LogP contribution is 2.10. The lowest BCUT2D eigenvalue weighted by Gasteiger charge is -2.09. The largest absolute Gasteiger partial charge is 0.285 e. The Hall–Kier alpha value is -0.0900. The third-order valence-electron chi connectivity index (χ3n) is 1.31. The van der Waals surface area contributed by atoms with E-state index in [9.17, 15) is 8.42 Å². The Kier molecular flexibility index (Phi) is 3.31. The van der Waals surface area contributed by atoms with E-state index in [0.717, 1.165) is 0 Å². The summed E-state index contributed by atoms with van der Waals surface area (Å²) < 4.78 is 29.4. The van der Waals surface area contributed by atoms with Gasteiger partial charge in [0, 0.05) is 0 Å². The highest BCUT2D eigenvalue weighted by atomic mass is 32.2. The van der Waals surface area contributed by atoms with E-state index < -0.39 is 15.4 Å². The maximum absolute atomic E-state index is 10.4. The SMILES string of the molecule is CC(C)C[C@@H](C)S(=O)(=O)O. The third kappa shape index (κ3) is 3.85. The molecule has 0 radical (unpaired) electrons. The maximum Gasteiger partial charge on any atom is 0.267 e. The van der Waals surface area contributed by atoms with Crippen molar-refractivity contribution in [2.24, 2.45) is 5.92 Å². The molecule has 4 heteroatoms. The van der Waals surface area contributed by atoms with Crippen molar-refractivity contribution in [2.45, 2.75) is 32.4 Å². The molecule has 0 rings (SSSR count). The summed E-state index contributed by atoms with van der Waals surface area (Å²) in [6.07, 6.45) is 0.513.